The molecule has 0 spiro atoms. The van der Waals surface area contributed by atoms with Crippen LogP contribution >= 0.6 is 0 Å². The number of amides is 3. The molecule has 9 nitrogen and oxygen atoms in total. The van der Waals surface area contributed by atoms with E-state index in [2.05, 4.69) is 0 Å². The van der Waals surface area contributed by atoms with Crippen LogP contribution in [0.5, 0.6) is 0 Å². The van der Waals surface area contributed by atoms with Crippen LogP contribution in [-0.2, 0) is 9.53 Å². The maximum absolute atomic E-state index is 12.8. The van der Waals surface area contributed by atoms with Gasteiger partial charge in [-0.1, -0.05) is 0 Å². The topological polar surface area (TPSA) is 111 Å². The average Bonchev–Trinajstić information content (AvgIpc) is 2.74. The maximum atomic E-state index is 12.8. The zero-order chi connectivity index (χ0) is 15.9. The minimum absolute atomic E-state index is 0.0116. The molecular weight excluding hydrogens is 294 g/mol. The van der Waals surface area contributed by atoms with Crippen LogP contribution in [0.25, 0.3) is 0 Å². The lowest BCUT2D eigenvalue weighted by atomic mass is 10.1. The molecule has 0 radical (unpaired) electrons. The summed E-state index contributed by atoms with van der Waals surface area (Å²) in [4.78, 5) is 39.2. The van der Waals surface area contributed by atoms with Crippen molar-refractivity contribution in [1.82, 2.24) is 14.7 Å². The van der Waals surface area contributed by atoms with Crippen LogP contribution in [-0.4, -0.2) is 94.0 Å². The van der Waals surface area contributed by atoms with Gasteiger partial charge < -0.3 is 24.7 Å². The van der Waals surface area contributed by atoms with Crippen molar-refractivity contribution in [2.45, 2.75) is 31.0 Å². The highest BCUT2D eigenvalue weighted by molar-refractivity contribution is 5.87. The number of rotatable bonds is 1. The van der Waals surface area contributed by atoms with Gasteiger partial charge in [-0.3, -0.25) is 9.69 Å². The second-order valence-electron chi connectivity index (χ2n) is 5.89. The highest BCUT2D eigenvalue weighted by Gasteiger charge is 2.46. The Bertz CT molecular complexity index is 482. The molecule has 3 fully saturated rings. The van der Waals surface area contributed by atoms with Crippen molar-refractivity contribution in [3.8, 4) is 0 Å². The van der Waals surface area contributed by atoms with Gasteiger partial charge in [0.1, 0.15) is 6.04 Å². The molecule has 2 bridgehead atoms. The van der Waals surface area contributed by atoms with E-state index in [1.165, 1.54) is 0 Å². The molecule has 0 aliphatic carbocycles. The first-order chi connectivity index (χ1) is 10.5. The van der Waals surface area contributed by atoms with Crippen molar-refractivity contribution in [3.63, 3.8) is 0 Å². The van der Waals surface area contributed by atoms with Gasteiger partial charge in [-0.05, 0) is 12.8 Å². The molecule has 22 heavy (non-hydrogen) atoms. The average molecular weight is 313 g/mol. The predicted octanol–water partition coefficient (Wildman–Crippen LogP) is -0.282. The Morgan fingerprint density at radius 3 is 2.14 bits per heavy atom. The number of hydrogen-bond acceptors (Lipinski definition) is 4. The standard InChI is InChI=1S/C13H19N3O6/c17-11(16-8-1-2-9(16)7-22-6-8)10-5-14(12(18)19)3-4-15(10)13(20)21/h8-10H,1-7H2,(H,18,19)(H,20,21)/t8?,9?,10-/m1/s1. The van der Waals surface area contributed by atoms with E-state index < -0.39 is 18.2 Å². The molecular formula is C13H19N3O6. The molecule has 0 saturated carbocycles. The number of carbonyl (C=O) groups is 3. The summed E-state index contributed by atoms with van der Waals surface area (Å²) in [5, 5.41) is 18.4. The van der Waals surface area contributed by atoms with Gasteiger partial charge >= 0.3 is 12.2 Å². The summed E-state index contributed by atoms with van der Waals surface area (Å²) in [5.41, 5.74) is 0. The highest BCUT2D eigenvalue weighted by Crippen LogP contribution is 2.30. The highest BCUT2D eigenvalue weighted by atomic mass is 16.5. The smallest absolute Gasteiger partial charge is 0.408 e. The Morgan fingerprint density at radius 1 is 0.955 bits per heavy atom. The van der Waals surface area contributed by atoms with Gasteiger partial charge in [-0.15, -0.1) is 0 Å². The van der Waals surface area contributed by atoms with Gasteiger partial charge in [0.15, 0.2) is 0 Å². The lowest BCUT2D eigenvalue weighted by molar-refractivity contribution is -0.148. The van der Waals surface area contributed by atoms with E-state index in [9.17, 15) is 19.5 Å². The number of nitrogens with zero attached hydrogens (tertiary/aromatic N) is 3. The number of hydrogen-bond donors (Lipinski definition) is 2. The number of piperazine rings is 1. The molecule has 3 aliphatic rings. The van der Waals surface area contributed by atoms with Crippen LogP contribution < -0.4 is 0 Å². The van der Waals surface area contributed by atoms with Crippen LogP contribution in [0, 0.1) is 0 Å². The third-order valence-electron chi connectivity index (χ3n) is 4.68. The van der Waals surface area contributed by atoms with Crippen LogP contribution in [0.1, 0.15) is 12.8 Å². The number of ether oxygens (including phenoxy) is 1. The van der Waals surface area contributed by atoms with E-state index in [1.54, 1.807) is 4.90 Å². The van der Waals surface area contributed by atoms with Gasteiger partial charge in [-0.2, -0.15) is 0 Å². The second kappa shape index (κ2) is 5.64. The van der Waals surface area contributed by atoms with Gasteiger partial charge in [0, 0.05) is 13.1 Å². The zero-order valence-corrected chi connectivity index (χ0v) is 12.1. The van der Waals surface area contributed by atoms with Crippen LogP contribution in [0.2, 0.25) is 0 Å². The van der Waals surface area contributed by atoms with E-state index in [1.807, 2.05) is 0 Å². The Labute approximate surface area is 127 Å². The summed E-state index contributed by atoms with van der Waals surface area (Å²) in [5.74, 6) is -0.302. The molecule has 0 aromatic carbocycles. The van der Waals surface area contributed by atoms with Crippen molar-refractivity contribution in [2.75, 3.05) is 32.8 Å². The number of carboxylic acid groups (broad SMARTS) is 2. The Balaban J connectivity index is 1.80. The first kappa shape index (κ1) is 14.9. The quantitative estimate of drug-likeness (QED) is 0.689. The monoisotopic (exact) mass is 313 g/mol. The van der Waals surface area contributed by atoms with Crippen molar-refractivity contribution < 1.29 is 29.3 Å². The summed E-state index contributed by atoms with van der Waals surface area (Å²) in [6.07, 6.45) is -0.630. The largest absolute Gasteiger partial charge is 0.465 e. The number of fused-ring (bicyclic) bond motifs is 2. The third-order valence-corrected chi connectivity index (χ3v) is 4.68. The first-order valence-electron chi connectivity index (χ1n) is 7.36. The van der Waals surface area contributed by atoms with Crippen molar-refractivity contribution in [3.05, 3.63) is 0 Å². The fourth-order valence-electron chi connectivity index (χ4n) is 3.56. The molecule has 9 heteroatoms. The molecule has 0 aromatic rings. The van der Waals surface area contributed by atoms with Crippen molar-refractivity contribution in [2.24, 2.45) is 0 Å². The Kier molecular flexibility index (Phi) is 3.81. The molecule has 3 atom stereocenters. The van der Waals surface area contributed by atoms with Crippen molar-refractivity contribution in [1.29, 1.82) is 0 Å². The Hall–Kier alpha value is -2.03. The lowest BCUT2D eigenvalue weighted by Gasteiger charge is -2.43. The van der Waals surface area contributed by atoms with Crippen LogP contribution in [0.3, 0.4) is 0 Å². The fraction of sp³-hybridized carbons (Fsp3) is 0.769. The minimum atomic E-state index is -1.19. The van der Waals surface area contributed by atoms with E-state index in [0.29, 0.717) is 13.2 Å². The molecule has 3 amide bonds. The molecule has 2 N–H and O–H groups in total. The first-order valence-corrected chi connectivity index (χ1v) is 7.36. The maximum Gasteiger partial charge on any atom is 0.408 e. The summed E-state index contributed by atoms with van der Waals surface area (Å²) in [6, 6.07) is -1.02. The lowest BCUT2D eigenvalue weighted by Crippen LogP contribution is -2.64. The van der Waals surface area contributed by atoms with Gasteiger partial charge in [0.05, 0.1) is 31.8 Å². The zero-order valence-electron chi connectivity index (χ0n) is 12.1. The minimum Gasteiger partial charge on any atom is -0.465 e. The van der Waals surface area contributed by atoms with Crippen molar-refractivity contribution >= 4 is 18.1 Å². The predicted molar refractivity (Wildman–Crippen MR) is 72.6 cm³/mol. The molecule has 3 rings (SSSR count). The SMILES string of the molecule is O=C(O)N1CCN(C(=O)O)[C@@H](C(=O)N2C3CCC2COC3)C1. The molecule has 3 saturated heterocycles. The summed E-state index contributed by atoms with van der Waals surface area (Å²) < 4.78 is 5.43. The van der Waals surface area contributed by atoms with Gasteiger partial charge in [0.2, 0.25) is 5.91 Å². The second-order valence-corrected chi connectivity index (χ2v) is 5.89. The number of carbonyl (C=O) groups excluding carboxylic acids is 1. The molecule has 2 unspecified atom stereocenters. The van der Waals surface area contributed by atoms with E-state index in [4.69, 9.17) is 9.84 Å². The van der Waals surface area contributed by atoms with Crippen LogP contribution in [0.4, 0.5) is 9.59 Å². The molecule has 3 heterocycles. The molecule has 3 aliphatic heterocycles. The summed E-state index contributed by atoms with van der Waals surface area (Å²) >= 11 is 0. The third kappa shape index (κ3) is 2.45. The van der Waals surface area contributed by atoms with E-state index in [-0.39, 0.29) is 37.6 Å². The summed E-state index contributed by atoms with van der Waals surface area (Å²) in [6.45, 7) is 0.908. The van der Waals surface area contributed by atoms with Crippen LogP contribution in [0.15, 0.2) is 0 Å². The van der Waals surface area contributed by atoms with E-state index >= 15 is 0 Å². The fourth-order valence-corrected chi connectivity index (χ4v) is 3.56. The van der Waals surface area contributed by atoms with E-state index in [0.717, 1.165) is 22.6 Å². The molecule has 122 valence electrons. The Morgan fingerprint density at radius 2 is 1.59 bits per heavy atom. The number of morpholine rings is 1. The van der Waals surface area contributed by atoms with Gasteiger partial charge in [0.25, 0.3) is 0 Å². The summed E-state index contributed by atoms with van der Waals surface area (Å²) in [7, 11) is 0. The van der Waals surface area contributed by atoms with Gasteiger partial charge in [-0.25, -0.2) is 9.59 Å². The normalized spacial score (nSPS) is 31.3. The molecule has 0 aromatic heterocycles.